The summed E-state index contributed by atoms with van der Waals surface area (Å²) in [6.07, 6.45) is 0.523. The minimum Gasteiger partial charge on any atom is -0.484 e. The van der Waals surface area contributed by atoms with Gasteiger partial charge in [-0.2, -0.15) is 0 Å². The second-order valence-electron chi connectivity index (χ2n) is 6.92. The van der Waals surface area contributed by atoms with Gasteiger partial charge in [0.15, 0.2) is 6.61 Å². The van der Waals surface area contributed by atoms with Gasteiger partial charge >= 0.3 is 0 Å². The maximum Gasteiger partial charge on any atom is 0.262 e. The number of benzene rings is 2. The maximum absolute atomic E-state index is 12.7. The Hall–Kier alpha value is -3.68. The van der Waals surface area contributed by atoms with Gasteiger partial charge in [0.25, 0.3) is 11.8 Å². The molecule has 0 radical (unpaired) electrons. The van der Waals surface area contributed by atoms with Crippen LogP contribution in [0.3, 0.4) is 0 Å². The molecule has 8 heteroatoms. The number of carbonyl (C=O) groups excluding carboxylic acids is 4. The molecule has 2 aromatic rings. The number of amides is 4. The molecule has 0 aromatic heterocycles. The Kier molecular flexibility index (Phi) is 4.99. The highest BCUT2D eigenvalue weighted by molar-refractivity contribution is 6.05. The molecule has 4 amide bonds. The second-order valence-corrected chi connectivity index (χ2v) is 6.92. The third kappa shape index (κ3) is 3.96. The Morgan fingerprint density at radius 3 is 2.69 bits per heavy atom. The molecule has 1 saturated heterocycles. The first-order valence-corrected chi connectivity index (χ1v) is 9.26. The van der Waals surface area contributed by atoms with Crippen LogP contribution in [0.4, 0.5) is 5.69 Å². The number of hydrogen-bond acceptors (Lipinski definition) is 5. The van der Waals surface area contributed by atoms with Crippen LogP contribution in [0.25, 0.3) is 0 Å². The summed E-state index contributed by atoms with van der Waals surface area (Å²) < 4.78 is 5.55. The van der Waals surface area contributed by atoms with Gasteiger partial charge in [0.2, 0.25) is 11.8 Å². The summed E-state index contributed by atoms with van der Waals surface area (Å²) in [7, 11) is 0. The molecule has 148 valence electrons. The minimum atomic E-state index is -0.659. The Labute approximate surface area is 166 Å². The number of nitrogens with one attached hydrogen (secondary N) is 2. The molecule has 2 aliphatic heterocycles. The smallest absolute Gasteiger partial charge is 0.262 e. The molecule has 2 heterocycles. The maximum atomic E-state index is 12.7. The minimum absolute atomic E-state index is 0.168. The number of nitrogens with zero attached hydrogens (tertiary/aromatic N) is 1. The van der Waals surface area contributed by atoms with Crippen molar-refractivity contribution < 1.29 is 23.9 Å². The number of ether oxygens (including phenoxy) is 1. The van der Waals surface area contributed by atoms with Crippen molar-refractivity contribution in [3.8, 4) is 5.75 Å². The van der Waals surface area contributed by atoms with Gasteiger partial charge in [-0.15, -0.1) is 0 Å². The zero-order chi connectivity index (χ0) is 20.4. The van der Waals surface area contributed by atoms with Crippen LogP contribution < -0.4 is 15.4 Å². The molecule has 2 aliphatic rings. The molecule has 8 nitrogen and oxygen atoms in total. The first kappa shape index (κ1) is 18.7. The molecule has 1 fully saturated rings. The van der Waals surface area contributed by atoms with Crippen LogP contribution in [-0.2, 0) is 20.9 Å². The molecule has 29 heavy (non-hydrogen) atoms. The fourth-order valence-corrected chi connectivity index (χ4v) is 3.51. The van der Waals surface area contributed by atoms with Crippen LogP contribution in [-0.4, -0.2) is 41.2 Å². The highest BCUT2D eigenvalue weighted by Crippen LogP contribution is 2.30. The SMILES string of the molecule is O=C1CCC(N2Cc3cc(OCC(=O)Nc4ccccc4)ccc3C2=O)C(=O)N1. The van der Waals surface area contributed by atoms with Crippen molar-refractivity contribution in [3.63, 3.8) is 0 Å². The van der Waals surface area contributed by atoms with E-state index >= 15 is 0 Å². The van der Waals surface area contributed by atoms with Gasteiger partial charge in [-0.25, -0.2) is 0 Å². The standard InChI is InChI=1S/C21H19N3O5/c25-18-9-8-17(20(27)23-18)24-11-13-10-15(6-7-16(13)21(24)28)29-12-19(26)22-14-4-2-1-3-5-14/h1-7,10,17H,8-9,11-12H2,(H,22,26)(H,23,25,27). The molecule has 2 aromatic carbocycles. The van der Waals surface area contributed by atoms with Crippen LogP contribution in [0.5, 0.6) is 5.75 Å². The van der Waals surface area contributed by atoms with E-state index in [4.69, 9.17) is 4.74 Å². The molecule has 0 spiro atoms. The number of hydrogen-bond donors (Lipinski definition) is 2. The van der Waals surface area contributed by atoms with E-state index in [-0.39, 0.29) is 37.3 Å². The summed E-state index contributed by atoms with van der Waals surface area (Å²) >= 11 is 0. The van der Waals surface area contributed by atoms with Gasteiger partial charge in [-0.05, 0) is 42.3 Å². The van der Waals surface area contributed by atoms with Crippen LogP contribution in [0.15, 0.2) is 48.5 Å². The number of carbonyl (C=O) groups is 4. The lowest BCUT2D eigenvalue weighted by Gasteiger charge is -2.29. The lowest BCUT2D eigenvalue weighted by molar-refractivity contribution is -0.137. The van der Waals surface area contributed by atoms with E-state index in [0.717, 1.165) is 5.56 Å². The Balaban J connectivity index is 1.39. The molecule has 0 aliphatic carbocycles. The van der Waals surface area contributed by atoms with E-state index in [1.807, 2.05) is 18.2 Å². The van der Waals surface area contributed by atoms with Crippen molar-refractivity contribution in [2.75, 3.05) is 11.9 Å². The Morgan fingerprint density at radius 1 is 1.14 bits per heavy atom. The summed E-state index contributed by atoms with van der Waals surface area (Å²) in [5.74, 6) is -0.845. The van der Waals surface area contributed by atoms with Crippen LogP contribution in [0.2, 0.25) is 0 Å². The highest BCUT2D eigenvalue weighted by atomic mass is 16.5. The van der Waals surface area contributed by atoms with E-state index in [1.54, 1.807) is 30.3 Å². The van der Waals surface area contributed by atoms with Gasteiger partial charge in [0.05, 0.1) is 0 Å². The average molecular weight is 393 g/mol. The van der Waals surface area contributed by atoms with Gasteiger partial charge in [0, 0.05) is 24.2 Å². The van der Waals surface area contributed by atoms with E-state index in [0.29, 0.717) is 23.4 Å². The summed E-state index contributed by atoms with van der Waals surface area (Å²) in [6, 6.07) is 13.4. The van der Waals surface area contributed by atoms with E-state index in [2.05, 4.69) is 10.6 Å². The summed E-state index contributed by atoms with van der Waals surface area (Å²) in [6.45, 7) is 0.0896. The second kappa shape index (κ2) is 7.75. The number of para-hydroxylation sites is 1. The van der Waals surface area contributed by atoms with Crippen molar-refractivity contribution in [3.05, 3.63) is 59.7 Å². The molecule has 1 atom stereocenters. The summed E-state index contributed by atoms with van der Waals surface area (Å²) in [5, 5.41) is 5.01. The molecule has 2 N–H and O–H groups in total. The summed E-state index contributed by atoms with van der Waals surface area (Å²) in [4.78, 5) is 49.6. The van der Waals surface area contributed by atoms with Crippen molar-refractivity contribution >= 4 is 29.3 Å². The number of rotatable bonds is 5. The molecular weight excluding hydrogens is 374 g/mol. The largest absolute Gasteiger partial charge is 0.484 e. The first-order valence-electron chi connectivity index (χ1n) is 9.26. The quantitative estimate of drug-likeness (QED) is 0.749. The van der Waals surface area contributed by atoms with E-state index < -0.39 is 11.9 Å². The van der Waals surface area contributed by atoms with Gasteiger partial charge in [-0.1, -0.05) is 18.2 Å². The number of fused-ring (bicyclic) bond motifs is 1. The molecule has 1 unspecified atom stereocenters. The predicted molar refractivity (Wildman–Crippen MR) is 103 cm³/mol. The fraction of sp³-hybridized carbons (Fsp3) is 0.238. The predicted octanol–water partition coefficient (Wildman–Crippen LogP) is 1.47. The van der Waals surface area contributed by atoms with Crippen LogP contribution in [0, 0.1) is 0 Å². The van der Waals surface area contributed by atoms with Crippen molar-refractivity contribution in [2.45, 2.75) is 25.4 Å². The number of piperidine rings is 1. The van der Waals surface area contributed by atoms with Crippen LogP contribution >= 0.6 is 0 Å². The van der Waals surface area contributed by atoms with Crippen molar-refractivity contribution in [1.29, 1.82) is 0 Å². The third-order valence-electron chi connectivity index (χ3n) is 4.92. The van der Waals surface area contributed by atoms with Crippen LogP contribution in [0.1, 0.15) is 28.8 Å². The molecule has 0 bridgehead atoms. The normalized spacial score (nSPS) is 18.3. The zero-order valence-corrected chi connectivity index (χ0v) is 15.5. The number of imide groups is 1. The topological polar surface area (TPSA) is 105 Å². The summed E-state index contributed by atoms with van der Waals surface area (Å²) in [5.41, 5.74) is 1.90. The lowest BCUT2D eigenvalue weighted by atomic mass is 10.0. The monoisotopic (exact) mass is 393 g/mol. The van der Waals surface area contributed by atoms with Crippen molar-refractivity contribution in [2.24, 2.45) is 0 Å². The Morgan fingerprint density at radius 2 is 1.93 bits per heavy atom. The number of anilines is 1. The lowest BCUT2D eigenvalue weighted by Crippen LogP contribution is -2.52. The highest BCUT2D eigenvalue weighted by Gasteiger charge is 2.39. The van der Waals surface area contributed by atoms with E-state index in [9.17, 15) is 19.2 Å². The van der Waals surface area contributed by atoms with Gasteiger partial charge < -0.3 is 15.0 Å². The van der Waals surface area contributed by atoms with Gasteiger partial charge in [-0.3, -0.25) is 24.5 Å². The zero-order valence-electron chi connectivity index (χ0n) is 15.5. The first-order chi connectivity index (χ1) is 14.0. The molecule has 0 saturated carbocycles. The molecular formula is C21H19N3O5. The van der Waals surface area contributed by atoms with E-state index in [1.165, 1.54) is 4.90 Å². The van der Waals surface area contributed by atoms with Crippen molar-refractivity contribution in [1.82, 2.24) is 10.2 Å². The third-order valence-corrected chi connectivity index (χ3v) is 4.92. The Bertz CT molecular complexity index is 989. The molecule has 4 rings (SSSR count). The van der Waals surface area contributed by atoms with Gasteiger partial charge in [0.1, 0.15) is 11.8 Å². The fourth-order valence-electron chi connectivity index (χ4n) is 3.51. The average Bonchev–Trinajstić information content (AvgIpc) is 3.03.